The van der Waals surface area contributed by atoms with E-state index in [1.807, 2.05) is 26.0 Å². The van der Waals surface area contributed by atoms with Crippen molar-refractivity contribution < 1.29 is 18.3 Å². The molecule has 1 aromatic carbocycles. The Bertz CT molecular complexity index is 912. The zero-order valence-corrected chi connectivity index (χ0v) is 18.3. The number of sulfonamides is 1. The fraction of sp³-hybridized carbons (Fsp3) is 0.524. The molecule has 0 radical (unpaired) electrons. The van der Waals surface area contributed by atoms with Gasteiger partial charge in [-0.15, -0.1) is 11.3 Å². The third kappa shape index (κ3) is 4.43. The van der Waals surface area contributed by atoms with Gasteiger partial charge in [-0.3, -0.25) is 0 Å². The fourth-order valence-corrected chi connectivity index (χ4v) is 6.25. The molecular weight excluding hydrogens is 394 g/mol. The maximum Gasteiger partial charge on any atom is 0.240 e. The fourth-order valence-electron chi connectivity index (χ4n) is 3.85. The van der Waals surface area contributed by atoms with Gasteiger partial charge in [-0.1, -0.05) is 12.8 Å². The van der Waals surface area contributed by atoms with E-state index in [0.717, 1.165) is 41.0 Å². The Morgan fingerprint density at radius 2 is 1.96 bits per heavy atom. The Morgan fingerprint density at radius 3 is 2.54 bits per heavy atom. The summed E-state index contributed by atoms with van der Waals surface area (Å²) >= 11 is 1.59. The number of aliphatic hydroxyl groups excluding tert-OH is 1. The number of nitrogens with one attached hydrogen (secondary N) is 1. The molecule has 0 amide bonds. The minimum absolute atomic E-state index is 0.189. The summed E-state index contributed by atoms with van der Waals surface area (Å²) in [5.41, 5.74) is 0.616. The summed E-state index contributed by atoms with van der Waals surface area (Å²) < 4.78 is 34.2. The Labute approximate surface area is 171 Å². The van der Waals surface area contributed by atoms with Gasteiger partial charge in [-0.05, 0) is 69.5 Å². The first-order valence-corrected chi connectivity index (χ1v) is 12.1. The second-order valence-corrected chi connectivity index (χ2v) is 10.4. The molecule has 1 aliphatic rings. The zero-order chi connectivity index (χ0) is 20.4. The van der Waals surface area contributed by atoms with E-state index in [1.54, 1.807) is 36.5 Å². The van der Waals surface area contributed by atoms with Gasteiger partial charge in [0.05, 0.1) is 17.6 Å². The normalized spacial score (nSPS) is 17.6. The molecule has 1 heterocycles. The predicted molar refractivity (Wildman–Crippen MR) is 113 cm³/mol. The van der Waals surface area contributed by atoms with Crippen LogP contribution in [0, 0.1) is 6.92 Å². The van der Waals surface area contributed by atoms with Crippen molar-refractivity contribution in [1.82, 2.24) is 4.72 Å². The van der Waals surface area contributed by atoms with Gasteiger partial charge in [-0.2, -0.15) is 0 Å². The van der Waals surface area contributed by atoms with Gasteiger partial charge in [-0.25, -0.2) is 13.1 Å². The molecule has 0 bridgehead atoms. The Kier molecular flexibility index (Phi) is 6.49. The molecule has 154 valence electrons. The molecule has 0 aliphatic heterocycles. The van der Waals surface area contributed by atoms with E-state index in [0.29, 0.717) is 18.9 Å². The topological polar surface area (TPSA) is 75.6 Å². The molecule has 2 aromatic rings. The van der Waals surface area contributed by atoms with Crippen molar-refractivity contribution in [2.24, 2.45) is 0 Å². The van der Waals surface area contributed by atoms with Crippen molar-refractivity contribution in [3.8, 4) is 5.75 Å². The monoisotopic (exact) mass is 423 g/mol. The lowest BCUT2D eigenvalue weighted by Crippen LogP contribution is -2.38. The minimum Gasteiger partial charge on any atom is -0.494 e. The lowest BCUT2D eigenvalue weighted by molar-refractivity contribution is 0.203. The number of aryl methyl sites for hydroxylation is 1. The molecule has 1 aliphatic carbocycles. The van der Waals surface area contributed by atoms with E-state index in [2.05, 4.69) is 4.72 Å². The number of hydrogen-bond donors (Lipinski definition) is 2. The highest BCUT2D eigenvalue weighted by molar-refractivity contribution is 7.89. The van der Waals surface area contributed by atoms with Crippen molar-refractivity contribution in [3.05, 3.63) is 45.6 Å². The van der Waals surface area contributed by atoms with Crippen molar-refractivity contribution >= 4 is 21.4 Å². The molecule has 28 heavy (non-hydrogen) atoms. The molecule has 1 fully saturated rings. The Hall–Kier alpha value is -1.41. The minimum atomic E-state index is -3.61. The Morgan fingerprint density at radius 1 is 1.25 bits per heavy atom. The molecule has 1 saturated carbocycles. The third-order valence-corrected chi connectivity index (χ3v) is 8.38. The van der Waals surface area contributed by atoms with Crippen LogP contribution >= 0.6 is 11.3 Å². The van der Waals surface area contributed by atoms with Gasteiger partial charge in [0.15, 0.2) is 0 Å². The maximum atomic E-state index is 12.9. The summed E-state index contributed by atoms with van der Waals surface area (Å²) in [5, 5.41) is 9.85. The smallest absolute Gasteiger partial charge is 0.240 e. The van der Waals surface area contributed by atoms with Gasteiger partial charge in [0, 0.05) is 21.7 Å². The first-order valence-electron chi connectivity index (χ1n) is 9.79. The molecule has 2 N–H and O–H groups in total. The third-order valence-electron chi connectivity index (χ3n) is 5.48. The number of hydrogen-bond acceptors (Lipinski definition) is 5. The van der Waals surface area contributed by atoms with Crippen molar-refractivity contribution in [3.63, 3.8) is 0 Å². The van der Waals surface area contributed by atoms with Crippen molar-refractivity contribution in [1.29, 1.82) is 0 Å². The standard InChI is InChI=1S/C21H29NO4S2/c1-4-26-18-8-7-17(13-15(18)2)28(24,25)22-14-21(11-5-6-12-21)20-10-9-19(27-20)16(3)23/h7-10,13,16,22-23H,4-6,11-12,14H2,1-3H3. The number of benzene rings is 1. The number of aliphatic hydroxyl groups is 1. The second-order valence-electron chi connectivity index (χ2n) is 7.55. The summed E-state index contributed by atoms with van der Waals surface area (Å²) in [6.45, 7) is 6.43. The first kappa shape index (κ1) is 21.3. The van der Waals surface area contributed by atoms with Gasteiger partial charge in [0.25, 0.3) is 0 Å². The summed E-state index contributed by atoms with van der Waals surface area (Å²) in [6, 6.07) is 8.97. The van der Waals surface area contributed by atoms with Crippen LogP contribution in [0.25, 0.3) is 0 Å². The van der Waals surface area contributed by atoms with Crippen LogP contribution in [0.1, 0.15) is 61.0 Å². The SMILES string of the molecule is CCOc1ccc(S(=O)(=O)NCC2(c3ccc(C(C)O)s3)CCCC2)cc1C. The molecular formula is C21H29NO4S2. The number of ether oxygens (including phenoxy) is 1. The van der Waals surface area contributed by atoms with Crippen LogP contribution in [0.5, 0.6) is 5.75 Å². The summed E-state index contributed by atoms with van der Waals surface area (Å²) in [7, 11) is -3.61. The van der Waals surface area contributed by atoms with Crippen molar-refractivity contribution in [2.75, 3.05) is 13.2 Å². The maximum absolute atomic E-state index is 12.9. The largest absolute Gasteiger partial charge is 0.494 e. The van der Waals surface area contributed by atoms with Crippen molar-refractivity contribution in [2.45, 2.75) is 62.9 Å². The van der Waals surface area contributed by atoms with E-state index < -0.39 is 16.1 Å². The highest BCUT2D eigenvalue weighted by Gasteiger charge is 2.38. The van der Waals surface area contributed by atoms with E-state index >= 15 is 0 Å². The summed E-state index contributed by atoms with van der Waals surface area (Å²) in [4.78, 5) is 2.34. The molecule has 1 unspecified atom stereocenters. The molecule has 5 nitrogen and oxygen atoms in total. The molecule has 1 atom stereocenters. The molecule has 7 heteroatoms. The molecule has 0 saturated heterocycles. The average Bonchev–Trinajstić information content (AvgIpc) is 3.32. The quantitative estimate of drug-likeness (QED) is 0.664. The van der Waals surface area contributed by atoms with E-state index in [9.17, 15) is 13.5 Å². The lowest BCUT2D eigenvalue weighted by atomic mass is 9.85. The van der Waals surface area contributed by atoms with Crippen LogP contribution in [-0.2, 0) is 15.4 Å². The average molecular weight is 424 g/mol. The predicted octanol–water partition coefficient (Wildman–Crippen LogP) is 4.30. The number of thiophene rings is 1. The molecule has 1 aromatic heterocycles. The summed E-state index contributed by atoms with van der Waals surface area (Å²) in [6.07, 6.45) is 3.59. The molecule has 0 spiro atoms. The Balaban J connectivity index is 1.80. The van der Waals surface area contributed by atoms with Gasteiger partial charge >= 0.3 is 0 Å². The van der Waals surface area contributed by atoms with Crippen LogP contribution in [0.3, 0.4) is 0 Å². The summed E-state index contributed by atoms with van der Waals surface area (Å²) in [5.74, 6) is 0.706. The lowest BCUT2D eigenvalue weighted by Gasteiger charge is -2.28. The first-order chi connectivity index (χ1) is 13.3. The van der Waals surface area contributed by atoms with E-state index in [4.69, 9.17) is 4.74 Å². The molecule has 3 rings (SSSR count). The van der Waals surface area contributed by atoms with Gasteiger partial charge < -0.3 is 9.84 Å². The van der Waals surface area contributed by atoms with Crippen LogP contribution in [0.15, 0.2) is 35.2 Å². The van der Waals surface area contributed by atoms with Gasteiger partial charge in [0.1, 0.15) is 5.75 Å². The van der Waals surface area contributed by atoms with Crippen LogP contribution in [-0.4, -0.2) is 26.7 Å². The van der Waals surface area contributed by atoms with Crippen LogP contribution in [0.4, 0.5) is 0 Å². The van der Waals surface area contributed by atoms with Crippen LogP contribution < -0.4 is 9.46 Å². The van der Waals surface area contributed by atoms with Gasteiger partial charge in [0.2, 0.25) is 10.0 Å². The van der Waals surface area contributed by atoms with Crippen LogP contribution in [0.2, 0.25) is 0 Å². The second kappa shape index (κ2) is 8.53. The van der Waals surface area contributed by atoms with E-state index in [1.165, 1.54) is 0 Å². The number of rotatable bonds is 8. The van der Waals surface area contributed by atoms with E-state index in [-0.39, 0.29) is 10.3 Å². The highest BCUT2D eigenvalue weighted by Crippen LogP contribution is 2.44. The zero-order valence-electron chi connectivity index (χ0n) is 16.7. The highest BCUT2D eigenvalue weighted by atomic mass is 32.2.